The Morgan fingerprint density at radius 2 is 2.11 bits per heavy atom. The summed E-state index contributed by atoms with van der Waals surface area (Å²) in [5.41, 5.74) is 0. The average Bonchev–Trinajstić information content (AvgIpc) is 1.80. The van der Waals surface area contributed by atoms with Gasteiger partial charge in [0.1, 0.15) is 0 Å². The predicted molar refractivity (Wildman–Crippen MR) is 42.5 cm³/mol. The molecule has 1 heteroatoms. The van der Waals surface area contributed by atoms with Gasteiger partial charge in [0, 0.05) is 6.54 Å². The fraction of sp³-hybridized carbons (Fsp3) is 0.750. The van der Waals surface area contributed by atoms with Crippen LogP contribution in [0.25, 0.3) is 0 Å². The first-order valence-electron chi connectivity index (χ1n) is 3.59. The van der Waals surface area contributed by atoms with E-state index in [0.29, 0.717) is 0 Å². The molecule has 0 rings (SSSR count). The van der Waals surface area contributed by atoms with Crippen molar-refractivity contribution in [2.75, 3.05) is 13.1 Å². The minimum atomic E-state index is 0.759. The highest BCUT2D eigenvalue weighted by Crippen LogP contribution is 1.85. The fourth-order valence-corrected chi connectivity index (χ4v) is 0.573. The zero-order chi connectivity index (χ0) is 7.11. The zero-order valence-corrected chi connectivity index (χ0v) is 6.65. The van der Waals surface area contributed by atoms with Crippen molar-refractivity contribution in [2.24, 2.45) is 5.92 Å². The first kappa shape index (κ1) is 8.70. The second-order valence-electron chi connectivity index (χ2n) is 2.62. The minimum absolute atomic E-state index is 0.759. The van der Waals surface area contributed by atoms with E-state index < -0.39 is 0 Å². The maximum atomic E-state index is 3.30. The Morgan fingerprint density at radius 1 is 1.44 bits per heavy atom. The Kier molecular flexibility index (Phi) is 5.64. The number of hydrogen-bond acceptors (Lipinski definition) is 1. The Labute approximate surface area is 58.2 Å². The lowest BCUT2D eigenvalue weighted by molar-refractivity contribution is 0.577. The van der Waals surface area contributed by atoms with Gasteiger partial charge in [-0.25, -0.2) is 0 Å². The molecule has 0 heterocycles. The third-order valence-corrected chi connectivity index (χ3v) is 1.05. The van der Waals surface area contributed by atoms with Crippen LogP contribution in [-0.2, 0) is 0 Å². The molecule has 0 aromatic carbocycles. The standard InChI is InChI=1S/C8H17N/c1-4-5-6-9-7-8(2)3/h4-5,8-9H,6-7H2,1-3H3/b5-4+. The lowest BCUT2D eigenvalue weighted by Gasteiger charge is -2.02. The number of nitrogens with one attached hydrogen (secondary N) is 1. The molecule has 0 aliphatic rings. The van der Waals surface area contributed by atoms with Gasteiger partial charge in [0.25, 0.3) is 0 Å². The van der Waals surface area contributed by atoms with Gasteiger partial charge in [-0.3, -0.25) is 0 Å². The molecule has 0 radical (unpaired) electrons. The molecule has 0 aliphatic heterocycles. The van der Waals surface area contributed by atoms with E-state index in [2.05, 4.69) is 31.3 Å². The van der Waals surface area contributed by atoms with E-state index in [1.807, 2.05) is 6.92 Å². The minimum Gasteiger partial charge on any atom is -0.313 e. The van der Waals surface area contributed by atoms with Crippen LogP contribution in [0.1, 0.15) is 20.8 Å². The Hall–Kier alpha value is -0.300. The molecule has 0 atom stereocenters. The molecule has 9 heavy (non-hydrogen) atoms. The first-order valence-corrected chi connectivity index (χ1v) is 3.59. The molecule has 1 nitrogen and oxygen atoms in total. The summed E-state index contributed by atoms with van der Waals surface area (Å²) in [6.07, 6.45) is 4.19. The lowest BCUT2D eigenvalue weighted by Crippen LogP contribution is -2.19. The summed E-state index contributed by atoms with van der Waals surface area (Å²) in [7, 11) is 0. The summed E-state index contributed by atoms with van der Waals surface area (Å²) in [5.74, 6) is 0.759. The molecule has 0 unspecified atom stereocenters. The normalized spacial score (nSPS) is 11.6. The molecule has 0 spiro atoms. The maximum Gasteiger partial charge on any atom is 0.0134 e. The summed E-state index contributed by atoms with van der Waals surface area (Å²) < 4.78 is 0. The van der Waals surface area contributed by atoms with Crippen LogP contribution in [0.5, 0.6) is 0 Å². The summed E-state index contributed by atoms with van der Waals surface area (Å²) >= 11 is 0. The van der Waals surface area contributed by atoms with E-state index >= 15 is 0 Å². The highest BCUT2D eigenvalue weighted by atomic mass is 14.8. The van der Waals surface area contributed by atoms with Gasteiger partial charge in [0.15, 0.2) is 0 Å². The Bertz CT molecular complexity index is 74.6. The Morgan fingerprint density at radius 3 is 2.56 bits per heavy atom. The van der Waals surface area contributed by atoms with E-state index in [-0.39, 0.29) is 0 Å². The van der Waals surface area contributed by atoms with Crippen LogP contribution in [0, 0.1) is 5.92 Å². The van der Waals surface area contributed by atoms with Gasteiger partial charge in [0.2, 0.25) is 0 Å². The predicted octanol–water partition coefficient (Wildman–Crippen LogP) is 1.81. The monoisotopic (exact) mass is 127 g/mol. The Balaban J connectivity index is 2.91. The summed E-state index contributed by atoms with van der Waals surface area (Å²) in [5, 5.41) is 3.30. The largest absolute Gasteiger partial charge is 0.313 e. The van der Waals surface area contributed by atoms with Gasteiger partial charge in [0.05, 0.1) is 0 Å². The third kappa shape index (κ3) is 7.70. The van der Waals surface area contributed by atoms with Crippen LogP contribution in [0.4, 0.5) is 0 Å². The molecule has 1 N–H and O–H groups in total. The van der Waals surface area contributed by atoms with Gasteiger partial charge in [-0.15, -0.1) is 0 Å². The molecule has 0 saturated heterocycles. The van der Waals surface area contributed by atoms with Crippen molar-refractivity contribution in [1.29, 1.82) is 0 Å². The summed E-state index contributed by atoms with van der Waals surface area (Å²) in [4.78, 5) is 0. The number of rotatable bonds is 4. The van der Waals surface area contributed by atoms with E-state index in [1.54, 1.807) is 0 Å². The maximum absolute atomic E-state index is 3.30. The van der Waals surface area contributed by atoms with Gasteiger partial charge in [-0.05, 0) is 19.4 Å². The molecule has 0 aliphatic carbocycles. The van der Waals surface area contributed by atoms with Gasteiger partial charge >= 0.3 is 0 Å². The van der Waals surface area contributed by atoms with Crippen molar-refractivity contribution in [1.82, 2.24) is 5.32 Å². The smallest absolute Gasteiger partial charge is 0.0134 e. The van der Waals surface area contributed by atoms with Crippen molar-refractivity contribution in [2.45, 2.75) is 20.8 Å². The molecule has 0 amide bonds. The van der Waals surface area contributed by atoms with E-state index in [4.69, 9.17) is 0 Å². The molecular formula is C8H17N. The first-order chi connectivity index (χ1) is 4.27. The van der Waals surface area contributed by atoms with Crippen LogP contribution in [0.3, 0.4) is 0 Å². The molecule has 0 fully saturated rings. The van der Waals surface area contributed by atoms with E-state index in [9.17, 15) is 0 Å². The number of hydrogen-bond donors (Lipinski definition) is 1. The molecule has 0 aromatic rings. The highest BCUT2D eigenvalue weighted by molar-refractivity contribution is 4.79. The van der Waals surface area contributed by atoms with Crippen molar-refractivity contribution >= 4 is 0 Å². The fourth-order valence-electron chi connectivity index (χ4n) is 0.573. The van der Waals surface area contributed by atoms with Crippen LogP contribution < -0.4 is 5.32 Å². The van der Waals surface area contributed by atoms with Crippen LogP contribution in [0.2, 0.25) is 0 Å². The van der Waals surface area contributed by atoms with Crippen molar-refractivity contribution < 1.29 is 0 Å². The average molecular weight is 127 g/mol. The second-order valence-corrected chi connectivity index (χ2v) is 2.62. The van der Waals surface area contributed by atoms with Gasteiger partial charge in [-0.1, -0.05) is 26.0 Å². The number of allylic oxidation sites excluding steroid dienone is 1. The molecule has 54 valence electrons. The molecule has 0 bridgehead atoms. The van der Waals surface area contributed by atoms with Crippen molar-refractivity contribution in [3.63, 3.8) is 0 Å². The van der Waals surface area contributed by atoms with E-state index in [1.165, 1.54) is 0 Å². The SMILES string of the molecule is C/C=C/CNCC(C)C. The molecule has 0 saturated carbocycles. The van der Waals surface area contributed by atoms with E-state index in [0.717, 1.165) is 19.0 Å². The van der Waals surface area contributed by atoms with Gasteiger partial charge in [-0.2, -0.15) is 0 Å². The van der Waals surface area contributed by atoms with Crippen LogP contribution in [0.15, 0.2) is 12.2 Å². The van der Waals surface area contributed by atoms with Gasteiger partial charge < -0.3 is 5.32 Å². The van der Waals surface area contributed by atoms with Crippen molar-refractivity contribution in [3.05, 3.63) is 12.2 Å². The zero-order valence-electron chi connectivity index (χ0n) is 6.65. The quantitative estimate of drug-likeness (QED) is 0.448. The molecule has 0 aromatic heterocycles. The molecular weight excluding hydrogens is 110 g/mol. The highest BCUT2D eigenvalue weighted by Gasteiger charge is 1.88. The lowest BCUT2D eigenvalue weighted by atomic mass is 10.2. The summed E-state index contributed by atoms with van der Waals surface area (Å²) in [6, 6.07) is 0. The topological polar surface area (TPSA) is 12.0 Å². The van der Waals surface area contributed by atoms with Crippen LogP contribution in [-0.4, -0.2) is 13.1 Å². The van der Waals surface area contributed by atoms with Crippen LogP contribution >= 0.6 is 0 Å². The van der Waals surface area contributed by atoms with Crippen molar-refractivity contribution in [3.8, 4) is 0 Å². The third-order valence-electron chi connectivity index (χ3n) is 1.05. The second kappa shape index (κ2) is 5.83. The summed E-state index contributed by atoms with van der Waals surface area (Å²) in [6.45, 7) is 8.58.